The monoisotopic (exact) mass is 399 g/mol. The highest BCUT2D eigenvalue weighted by molar-refractivity contribution is 7.80. The van der Waals surface area contributed by atoms with Crippen LogP contribution in [0.3, 0.4) is 0 Å². The van der Waals surface area contributed by atoms with Crippen molar-refractivity contribution in [3.05, 3.63) is 75.5 Å². The first-order chi connectivity index (χ1) is 13.3. The van der Waals surface area contributed by atoms with Crippen LogP contribution in [-0.2, 0) is 9.53 Å². The number of allylic oxidation sites excluding steroid dienone is 1. The first-order valence-corrected chi connectivity index (χ1v) is 8.68. The molecule has 28 heavy (non-hydrogen) atoms. The molecule has 1 atom stereocenters. The van der Waals surface area contributed by atoms with Gasteiger partial charge in [0.2, 0.25) is 0 Å². The molecule has 2 N–H and O–H groups in total. The van der Waals surface area contributed by atoms with Crippen molar-refractivity contribution in [3.8, 4) is 5.75 Å². The zero-order chi connectivity index (χ0) is 20.4. The number of nitrogens with one attached hydrogen (secondary N) is 1. The SMILES string of the molecule is COC(=O)C1=C(C)N(c2ccccc2)C(=S)NC1c1ccc(O)c([N+](=O)[O-])c1. The maximum Gasteiger partial charge on any atom is 0.337 e. The summed E-state index contributed by atoms with van der Waals surface area (Å²) in [6.45, 7) is 1.73. The number of hydrogen-bond acceptors (Lipinski definition) is 6. The molecule has 0 aliphatic carbocycles. The predicted octanol–water partition coefficient (Wildman–Crippen LogP) is 3.18. The number of phenols is 1. The molecule has 9 heteroatoms. The first-order valence-electron chi connectivity index (χ1n) is 8.27. The van der Waals surface area contributed by atoms with Gasteiger partial charge in [0.25, 0.3) is 0 Å². The predicted molar refractivity (Wildman–Crippen MR) is 107 cm³/mol. The third kappa shape index (κ3) is 3.39. The van der Waals surface area contributed by atoms with E-state index in [1.807, 2.05) is 30.3 Å². The largest absolute Gasteiger partial charge is 0.502 e. The van der Waals surface area contributed by atoms with Crippen LogP contribution in [0.1, 0.15) is 18.5 Å². The highest BCUT2D eigenvalue weighted by Crippen LogP contribution is 2.37. The molecule has 8 nitrogen and oxygen atoms in total. The molecule has 2 aromatic rings. The van der Waals surface area contributed by atoms with Crippen molar-refractivity contribution in [3.63, 3.8) is 0 Å². The van der Waals surface area contributed by atoms with Gasteiger partial charge in [0.05, 0.1) is 23.6 Å². The maximum absolute atomic E-state index is 12.6. The van der Waals surface area contributed by atoms with E-state index in [4.69, 9.17) is 17.0 Å². The van der Waals surface area contributed by atoms with Gasteiger partial charge in [-0.1, -0.05) is 24.3 Å². The second-order valence-corrected chi connectivity index (χ2v) is 6.44. The molecule has 0 radical (unpaired) electrons. The van der Waals surface area contributed by atoms with Crippen molar-refractivity contribution in [1.82, 2.24) is 5.32 Å². The summed E-state index contributed by atoms with van der Waals surface area (Å²) in [6.07, 6.45) is 0. The number of nitro benzene ring substituents is 1. The second kappa shape index (κ2) is 7.65. The van der Waals surface area contributed by atoms with E-state index in [0.717, 1.165) is 5.69 Å². The Morgan fingerprint density at radius 2 is 1.96 bits per heavy atom. The van der Waals surface area contributed by atoms with Gasteiger partial charge in [-0.3, -0.25) is 15.0 Å². The van der Waals surface area contributed by atoms with Crippen molar-refractivity contribution in [1.29, 1.82) is 0 Å². The molecule has 0 fully saturated rings. The van der Waals surface area contributed by atoms with Crippen LogP contribution < -0.4 is 10.2 Å². The van der Waals surface area contributed by atoms with Crippen LogP contribution in [0.5, 0.6) is 5.75 Å². The fraction of sp³-hybridized carbons (Fsp3) is 0.158. The number of phenolic OH excluding ortho intramolecular Hbond substituents is 1. The number of carbonyl (C=O) groups is 1. The number of nitrogens with zero attached hydrogens (tertiary/aromatic N) is 2. The Balaban J connectivity index is 2.16. The van der Waals surface area contributed by atoms with Crippen molar-refractivity contribution < 1.29 is 19.6 Å². The van der Waals surface area contributed by atoms with Gasteiger partial charge >= 0.3 is 11.7 Å². The van der Waals surface area contributed by atoms with Gasteiger partial charge in [0.15, 0.2) is 10.9 Å². The van der Waals surface area contributed by atoms with E-state index in [0.29, 0.717) is 16.4 Å². The van der Waals surface area contributed by atoms with Crippen LogP contribution in [0.25, 0.3) is 0 Å². The zero-order valence-corrected chi connectivity index (χ0v) is 15.9. The molecular formula is C19H17N3O5S. The lowest BCUT2D eigenvalue weighted by Gasteiger charge is -2.37. The number of anilines is 1. The van der Waals surface area contributed by atoms with E-state index in [1.54, 1.807) is 11.8 Å². The van der Waals surface area contributed by atoms with Gasteiger partial charge in [0, 0.05) is 17.5 Å². The van der Waals surface area contributed by atoms with Crippen LogP contribution >= 0.6 is 12.2 Å². The Bertz CT molecular complexity index is 990. The molecule has 1 aliphatic heterocycles. The van der Waals surface area contributed by atoms with E-state index >= 15 is 0 Å². The summed E-state index contributed by atoms with van der Waals surface area (Å²) in [5, 5.41) is 24.3. The van der Waals surface area contributed by atoms with Crippen LogP contribution in [0.2, 0.25) is 0 Å². The van der Waals surface area contributed by atoms with E-state index in [-0.39, 0.29) is 5.57 Å². The van der Waals surface area contributed by atoms with Gasteiger partial charge in [-0.25, -0.2) is 4.79 Å². The Labute approximate surface area is 166 Å². The molecule has 1 aliphatic rings. The average molecular weight is 399 g/mol. The fourth-order valence-corrected chi connectivity index (χ4v) is 3.48. The topological polar surface area (TPSA) is 105 Å². The number of benzene rings is 2. The second-order valence-electron chi connectivity index (χ2n) is 6.05. The molecule has 0 bridgehead atoms. The number of nitro groups is 1. The summed E-state index contributed by atoms with van der Waals surface area (Å²) in [5.74, 6) is -1.05. The number of rotatable bonds is 4. The maximum atomic E-state index is 12.6. The number of esters is 1. The van der Waals surface area contributed by atoms with Crippen molar-refractivity contribution in [2.75, 3.05) is 12.0 Å². The third-order valence-corrected chi connectivity index (χ3v) is 4.73. The average Bonchev–Trinajstić information content (AvgIpc) is 2.68. The third-order valence-electron chi connectivity index (χ3n) is 4.43. The molecule has 0 saturated carbocycles. The Morgan fingerprint density at radius 1 is 1.29 bits per heavy atom. The van der Waals surface area contributed by atoms with E-state index in [1.165, 1.54) is 25.3 Å². The van der Waals surface area contributed by atoms with Crippen LogP contribution in [0.15, 0.2) is 59.8 Å². The molecule has 1 heterocycles. The number of thiocarbonyl (C=S) groups is 1. The number of aromatic hydroxyl groups is 1. The van der Waals surface area contributed by atoms with Gasteiger partial charge in [-0.15, -0.1) is 0 Å². The van der Waals surface area contributed by atoms with Gasteiger partial charge in [-0.2, -0.15) is 0 Å². The van der Waals surface area contributed by atoms with Crippen LogP contribution in [0.4, 0.5) is 11.4 Å². The summed E-state index contributed by atoms with van der Waals surface area (Å²) in [6, 6.07) is 12.4. The normalized spacial score (nSPS) is 16.6. The van der Waals surface area contributed by atoms with Crippen molar-refractivity contribution in [2.24, 2.45) is 0 Å². The van der Waals surface area contributed by atoms with Gasteiger partial charge in [-0.05, 0) is 42.9 Å². The molecule has 0 spiro atoms. The minimum absolute atomic E-state index is 0.264. The fourth-order valence-electron chi connectivity index (χ4n) is 3.12. The van der Waals surface area contributed by atoms with E-state index in [2.05, 4.69) is 5.32 Å². The minimum Gasteiger partial charge on any atom is -0.502 e. The number of para-hydroxylation sites is 1. The Kier molecular flexibility index (Phi) is 5.27. The summed E-state index contributed by atoms with van der Waals surface area (Å²) >= 11 is 5.49. The Hall–Kier alpha value is -3.46. The van der Waals surface area contributed by atoms with E-state index in [9.17, 15) is 20.0 Å². The zero-order valence-electron chi connectivity index (χ0n) is 15.1. The van der Waals surface area contributed by atoms with Gasteiger partial charge < -0.3 is 15.2 Å². The minimum atomic E-state index is -0.765. The molecule has 144 valence electrons. The number of carbonyl (C=O) groups excluding carboxylic acids is 1. The highest BCUT2D eigenvalue weighted by atomic mass is 32.1. The summed E-state index contributed by atoms with van der Waals surface area (Å²) in [4.78, 5) is 24.8. The standard InChI is InChI=1S/C19H17N3O5S/c1-11-16(18(24)27-2)17(12-8-9-15(23)14(10-12)22(25)26)20-19(28)21(11)13-6-4-3-5-7-13/h3-10,17,23H,1-2H3,(H,20,28). The molecule has 2 aromatic carbocycles. The lowest BCUT2D eigenvalue weighted by atomic mass is 9.94. The quantitative estimate of drug-likeness (QED) is 0.350. The van der Waals surface area contributed by atoms with Crippen molar-refractivity contribution >= 4 is 34.7 Å². The molecule has 0 saturated heterocycles. The van der Waals surface area contributed by atoms with Gasteiger partial charge in [0.1, 0.15) is 0 Å². The number of hydrogen-bond donors (Lipinski definition) is 2. The molecule has 0 amide bonds. The summed E-state index contributed by atoms with van der Waals surface area (Å²) in [7, 11) is 1.26. The summed E-state index contributed by atoms with van der Waals surface area (Å²) in [5.41, 5.74) is 1.51. The molecule has 0 aromatic heterocycles. The highest BCUT2D eigenvalue weighted by Gasteiger charge is 2.36. The Morgan fingerprint density at radius 3 is 2.57 bits per heavy atom. The van der Waals surface area contributed by atoms with E-state index < -0.39 is 28.4 Å². The lowest BCUT2D eigenvalue weighted by Crippen LogP contribution is -2.48. The smallest absolute Gasteiger partial charge is 0.337 e. The molecular weight excluding hydrogens is 382 g/mol. The lowest BCUT2D eigenvalue weighted by molar-refractivity contribution is -0.385. The van der Waals surface area contributed by atoms with Crippen LogP contribution in [0, 0.1) is 10.1 Å². The molecule has 3 rings (SSSR count). The van der Waals surface area contributed by atoms with Crippen molar-refractivity contribution in [2.45, 2.75) is 13.0 Å². The number of ether oxygens (including phenoxy) is 1. The van der Waals surface area contributed by atoms with Crippen LogP contribution in [-0.4, -0.2) is 28.2 Å². The number of methoxy groups -OCH3 is 1. The summed E-state index contributed by atoms with van der Waals surface area (Å²) < 4.78 is 4.94. The molecule has 1 unspecified atom stereocenters. The first kappa shape index (κ1) is 19.3.